The third-order valence-electron chi connectivity index (χ3n) is 4.89. The zero-order chi connectivity index (χ0) is 16.4. The van der Waals surface area contributed by atoms with Crippen LogP contribution in [0, 0.1) is 5.92 Å². The molecule has 1 aromatic rings. The number of hydrogen-bond donors (Lipinski definition) is 1. The second kappa shape index (κ2) is 6.65. The molecule has 1 aliphatic carbocycles. The molecule has 6 nitrogen and oxygen atoms in total. The Balaban J connectivity index is 1.70. The van der Waals surface area contributed by atoms with Gasteiger partial charge in [0.05, 0.1) is 0 Å². The van der Waals surface area contributed by atoms with Crippen LogP contribution in [0.15, 0.2) is 21.6 Å². The van der Waals surface area contributed by atoms with Crippen LogP contribution in [-0.2, 0) is 10.0 Å². The summed E-state index contributed by atoms with van der Waals surface area (Å²) in [4.78, 5) is 12.3. The molecule has 1 aliphatic heterocycles. The van der Waals surface area contributed by atoms with Gasteiger partial charge in [-0.1, -0.05) is 19.8 Å². The van der Waals surface area contributed by atoms with Crippen LogP contribution >= 0.6 is 0 Å². The van der Waals surface area contributed by atoms with Crippen LogP contribution in [0.4, 0.5) is 0 Å². The zero-order valence-corrected chi connectivity index (χ0v) is 14.3. The van der Waals surface area contributed by atoms with Gasteiger partial charge in [-0.25, -0.2) is 8.42 Å². The van der Waals surface area contributed by atoms with E-state index in [1.807, 2.05) is 0 Å². The van der Waals surface area contributed by atoms with Crippen molar-refractivity contribution in [1.29, 1.82) is 0 Å². The number of amides is 1. The summed E-state index contributed by atoms with van der Waals surface area (Å²) in [5, 5.41) is 2.84. The Morgan fingerprint density at radius 3 is 2.57 bits per heavy atom. The minimum absolute atomic E-state index is 0.0699. The summed E-state index contributed by atoms with van der Waals surface area (Å²) in [5.74, 6) is 0.183. The standard InChI is InChI=1S/C16H24N2O4S/c1-12-6-2-3-7-13(12)17-16(19)14-8-9-15(22-14)23(20,21)18-10-4-5-11-18/h8-9,12-13H,2-7,10-11H2,1H3,(H,17,19)/t12-,13+/m0/s1. The van der Waals surface area contributed by atoms with E-state index in [9.17, 15) is 13.2 Å². The van der Waals surface area contributed by atoms with E-state index in [0.717, 1.165) is 32.1 Å². The summed E-state index contributed by atoms with van der Waals surface area (Å²) in [6, 6.07) is 2.97. The highest BCUT2D eigenvalue weighted by atomic mass is 32.2. The molecule has 1 amide bonds. The molecule has 1 N–H and O–H groups in total. The number of hydrogen-bond acceptors (Lipinski definition) is 4. The Labute approximate surface area is 137 Å². The molecule has 2 fully saturated rings. The van der Waals surface area contributed by atoms with Gasteiger partial charge in [0.15, 0.2) is 5.76 Å². The number of rotatable bonds is 4. The molecule has 7 heteroatoms. The fourth-order valence-electron chi connectivity index (χ4n) is 3.41. The van der Waals surface area contributed by atoms with E-state index < -0.39 is 10.0 Å². The number of nitrogens with one attached hydrogen (secondary N) is 1. The second-order valence-electron chi connectivity index (χ2n) is 6.57. The Bertz CT molecular complexity index is 661. The molecule has 1 saturated heterocycles. The van der Waals surface area contributed by atoms with E-state index in [-0.39, 0.29) is 22.8 Å². The van der Waals surface area contributed by atoms with E-state index in [0.29, 0.717) is 19.0 Å². The average Bonchev–Trinajstić information content (AvgIpc) is 3.21. The first kappa shape index (κ1) is 16.5. The normalized spacial score (nSPS) is 26.3. The van der Waals surface area contributed by atoms with Crippen molar-refractivity contribution in [1.82, 2.24) is 9.62 Å². The van der Waals surface area contributed by atoms with Gasteiger partial charge in [-0.2, -0.15) is 4.31 Å². The van der Waals surface area contributed by atoms with E-state index >= 15 is 0 Å². The summed E-state index contributed by atoms with van der Waals surface area (Å²) in [6.07, 6.45) is 6.12. The van der Waals surface area contributed by atoms with Crippen molar-refractivity contribution < 1.29 is 17.6 Å². The van der Waals surface area contributed by atoms with E-state index in [2.05, 4.69) is 12.2 Å². The first-order valence-electron chi connectivity index (χ1n) is 8.39. The fourth-order valence-corrected chi connectivity index (χ4v) is 4.84. The molecule has 2 atom stereocenters. The van der Waals surface area contributed by atoms with E-state index in [4.69, 9.17) is 4.42 Å². The van der Waals surface area contributed by atoms with Crippen LogP contribution in [0.25, 0.3) is 0 Å². The molecule has 23 heavy (non-hydrogen) atoms. The summed E-state index contributed by atoms with van der Waals surface area (Å²) in [5.41, 5.74) is 0. The maximum atomic E-state index is 12.4. The van der Waals surface area contributed by atoms with Crippen LogP contribution in [0.1, 0.15) is 56.0 Å². The maximum Gasteiger partial charge on any atom is 0.287 e. The average molecular weight is 340 g/mol. The first-order valence-corrected chi connectivity index (χ1v) is 9.83. The molecule has 2 aliphatic rings. The lowest BCUT2D eigenvalue weighted by Crippen LogP contribution is -2.40. The van der Waals surface area contributed by atoms with Crippen molar-refractivity contribution >= 4 is 15.9 Å². The number of carbonyl (C=O) groups is 1. The fraction of sp³-hybridized carbons (Fsp3) is 0.688. The van der Waals surface area contributed by atoms with E-state index in [1.165, 1.54) is 22.9 Å². The summed E-state index contributed by atoms with van der Waals surface area (Å²) in [6.45, 7) is 3.17. The molecule has 2 heterocycles. The molecule has 1 saturated carbocycles. The van der Waals surface area contributed by atoms with Gasteiger partial charge in [0.2, 0.25) is 5.09 Å². The molecule has 1 aromatic heterocycles. The third-order valence-corrected chi connectivity index (χ3v) is 6.67. The number of carbonyl (C=O) groups excluding carboxylic acids is 1. The van der Waals surface area contributed by atoms with Crippen LogP contribution in [0.3, 0.4) is 0 Å². The number of nitrogens with zero attached hydrogens (tertiary/aromatic N) is 1. The molecule has 0 aromatic carbocycles. The molecule has 3 rings (SSSR count). The second-order valence-corrected chi connectivity index (χ2v) is 8.44. The van der Waals surface area contributed by atoms with Crippen molar-refractivity contribution in [3.8, 4) is 0 Å². The summed E-state index contributed by atoms with van der Waals surface area (Å²) in [7, 11) is -3.61. The monoisotopic (exact) mass is 340 g/mol. The lowest BCUT2D eigenvalue weighted by atomic mass is 9.86. The Kier molecular flexibility index (Phi) is 4.77. The van der Waals surface area contributed by atoms with E-state index in [1.54, 1.807) is 0 Å². The SMILES string of the molecule is C[C@H]1CCCC[C@H]1NC(=O)c1ccc(S(=O)(=O)N2CCCC2)o1. The Morgan fingerprint density at radius 2 is 1.87 bits per heavy atom. The molecule has 0 spiro atoms. The largest absolute Gasteiger partial charge is 0.438 e. The van der Waals surface area contributed by atoms with Crippen LogP contribution < -0.4 is 5.32 Å². The lowest BCUT2D eigenvalue weighted by molar-refractivity contribution is 0.0876. The van der Waals surface area contributed by atoms with Crippen molar-refractivity contribution in [2.24, 2.45) is 5.92 Å². The third kappa shape index (κ3) is 3.45. The highest BCUT2D eigenvalue weighted by Crippen LogP contribution is 2.25. The molecular formula is C16H24N2O4S. The smallest absolute Gasteiger partial charge is 0.287 e. The number of sulfonamides is 1. The van der Waals surface area contributed by atoms with Gasteiger partial charge in [0.25, 0.3) is 15.9 Å². The van der Waals surface area contributed by atoms with Crippen LogP contribution in [-0.4, -0.2) is 37.8 Å². The van der Waals surface area contributed by atoms with Gasteiger partial charge >= 0.3 is 0 Å². The maximum absolute atomic E-state index is 12.4. The molecular weight excluding hydrogens is 316 g/mol. The minimum atomic E-state index is -3.61. The highest BCUT2D eigenvalue weighted by molar-refractivity contribution is 7.89. The lowest BCUT2D eigenvalue weighted by Gasteiger charge is -2.29. The predicted octanol–water partition coefficient (Wildman–Crippen LogP) is 2.37. The summed E-state index contributed by atoms with van der Waals surface area (Å²) < 4.78 is 31.6. The highest BCUT2D eigenvalue weighted by Gasteiger charge is 2.31. The van der Waals surface area contributed by atoms with Crippen molar-refractivity contribution in [3.05, 3.63) is 17.9 Å². The molecule has 0 unspecified atom stereocenters. The van der Waals surface area contributed by atoms with Gasteiger partial charge in [-0.15, -0.1) is 0 Å². The molecule has 0 radical (unpaired) electrons. The Hall–Kier alpha value is -1.34. The van der Waals surface area contributed by atoms with Gasteiger partial charge in [-0.3, -0.25) is 4.79 Å². The molecule has 0 bridgehead atoms. The van der Waals surface area contributed by atoms with Gasteiger partial charge < -0.3 is 9.73 Å². The van der Waals surface area contributed by atoms with Crippen LogP contribution in [0.5, 0.6) is 0 Å². The van der Waals surface area contributed by atoms with Gasteiger partial charge in [0, 0.05) is 19.1 Å². The van der Waals surface area contributed by atoms with Gasteiger partial charge in [0.1, 0.15) is 0 Å². The first-order chi connectivity index (χ1) is 11.0. The minimum Gasteiger partial charge on any atom is -0.438 e. The number of furan rings is 1. The van der Waals surface area contributed by atoms with Crippen molar-refractivity contribution in [2.75, 3.05) is 13.1 Å². The van der Waals surface area contributed by atoms with Crippen molar-refractivity contribution in [3.63, 3.8) is 0 Å². The Morgan fingerprint density at radius 1 is 1.17 bits per heavy atom. The van der Waals surface area contributed by atoms with Gasteiger partial charge in [-0.05, 0) is 43.7 Å². The quantitative estimate of drug-likeness (QED) is 0.912. The summed E-state index contributed by atoms with van der Waals surface area (Å²) >= 11 is 0. The topological polar surface area (TPSA) is 79.6 Å². The molecule has 128 valence electrons. The predicted molar refractivity (Wildman–Crippen MR) is 85.6 cm³/mol. The van der Waals surface area contributed by atoms with Crippen molar-refractivity contribution in [2.45, 2.75) is 56.6 Å². The van der Waals surface area contributed by atoms with Crippen LogP contribution in [0.2, 0.25) is 0 Å². The zero-order valence-electron chi connectivity index (χ0n) is 13.5.